The molecule has 21 heavy (non-hydrogen) atoms. The molecule has 1 aromatic rings. The number of anilines is 1. The first-order chi connectivity index (χ1) is 9.65. The molecule has 0 spiro atoms. The fourth-order valence-electron chi connectivity index (χ4n) is 2.42. The minimum Gasteiger partial charge on any atom is -0.370 e. The monoisotopic (exact) mass is 423 g/mol. The third-order valence-corrected chi connectivity index (χ3v) is 4.60. The summed E-state index contributed by atoms with van der Waals surface area (Å²) in [5, 5.41) is 6.40. The summed E-state index contributed by atoms with van der Waals surface area (Å²) in [7, 11) is 3.99. The largest absolute Gasteiger partial charge is 0.370 e. The summed E-state index contributed by atoms with van der Waals surface area (Å²) in [4.78, 5) is 10.9. The lowest BCUT2D eigenvalue weighted by Crippen LogP contribution is -2.39. The molecule has 7 heteroatoms. The second-order valence-corrected chi connectivity index (χ2v) is 6.39. The number of thiazole rings is 1. The lowest BCUT2D eigenvalue weighted by atomic mass is 10.1. The molecular weight excluding hydrogens is 397 g/mol. The van der Waals surface area contributed by atoms with Crippen LogP contribution in [0.2, 0.25) is 0 Å². The number of hydrogen-bond acceptors (Lipinski definition) is 4. The highest BCUT2D eigenvalue weighted by Gasteiger charge is 2.12. The van der Waals surface area contributed by atoms with Gasteiger partial charge in [-0.15, -0.1) is 35.3 Å². The van der Waals surface area contributed by atoms with E-state index in [0.29, 0.717) is 18.5 Å². The van der Waals surface area contributed by atoms with Crippen LogP contribution >= 0.6 is 35.3 Å². The van der Waals surface area contributed by atoms with E-state index in [4.69, 9.17) is 5.73 Å². The molecular formula is C14H26IN5S. The fourth-order valence-corrected chi connectivity index (χ4v) is 3.17. The van der Waals surface area contributed by atoms with Gasteiger partial charge in [0.2, 0.25) is 0 Å². The highest BCUT2D eigenvalue weighted by molar-refractivity contribution is 14.0. The molecule has 0 bridgehead atoms. The van der Waals surface area contributed by atoms with E-state index in [1.807, 2.05) is 24.4 Å². The van der Waals surface area contributed by atoms with Crippen LogP contribution in [0.1, 0.15) is 44.2 Å². The molecule has 5 nitrogen and oxygen atoms in total. The molecule has 1 aromatic heterocycles. The first-order valence-corrected chi connectivity index (χ1v) is 8.21. The van der Waals surface area contributed by atoms with E-state index in [1.54, 1.807) is 11.3 Å². The number of aromatic nitrogens is 1. The summed E-state index contributed by atoms with van der Waals surface area (Å²) in [5.74, 6) is 0.552. The van der Waals surface area contributed by atoms with Gasteiger partial charge in [0.05, 0.1) is 12.2 Å². The van der Waals surface area contributed by atoms with Gasteiger partial charge in [0.15, 0.2) is 11.1 Å². The van der Waals surface area contributed by atoms with Crippen LogP contribution in [0.4, 0.5) is 5.13 Å². The molecule has 0 atom stereocenters. The average molecular weight is 423 g/mol. The van der Waals surface area contributed by atoms with E-state index in [2.05, 4.69) is 15.3 Å². The van der Waals surface area contributed by atoms with Crippen LogP contribution in [0.25, 0.3) is 0 Å². The summed E-state index contributed by atoms with van der Waals surface area (Å²) in [6.07, 6.45) is 7.70. The number of nitrogens with one attached hydrogen (secondary N) is 1. The molecule has 1 fully saturated rings. The van der Waals surface area contributed by atoms with E-state index < -0.39 is 0 Å². The Morgan fingerprint density at radius 2 is 2.05 bits per heavy atom. The van der Waals surface area contributed by atoms with Crippen molar-refractivity contribution >= 4 is 46.4 Å². The summed E-state index contributed by atoms with van der Waals surface area (Å²) in [6.45, 7) is 0.551. The maximum Gasteiger partial charge on any atom is 0.189 e. The summed E-state index contributed by atoms with van der Waals surface area (Å²) in [6, 6.07) is 0.494. The Kier molecular flexibility index (Phi) is 8.31. The zero-order valence-electron chi connectivity index (χ0n) is 12.8. The SMILES string of the molecule is CN(C)c1nc(CN=C(N)NC2CCCCCC2)cs1.I. The summed E-state index contributed by atoms with van der Waals surface area (Å²) in [5.41, 5.74) is 6.95. The normalized spacial score (nSPS) is 17.0. The van der Waals surface area contributed by atoms with Crippen LogP contribution in [0.15, 0.2) is 10.4 Å². The quantitative estimate of drug-likeness (QED) is 0.338. The Balaban J connectivity index is 0.00000220. The van der Waals surface area contributed by atoms with Crippen LogP contribution in [0.3, 0.4) is 0 Å². The number of aliphatic imine (C=N–C) groups is 1. The van der Waals surface area contributed by atoms with Gasteiger partial charge in [-0.2, -0.15) is 0 Å². The highest BCUT2D eigenvalue weighted by atomic mass is 127. The van der Waals surface area contributed by atoms with Gasteiger partial charge >= 0.3 is 0 Å². The van der Waals surface area contributed by atoms with Gasteiger partial charge in [0, 0.05) is 25.5 Å². The van der Waals surface area contributed by atoms with Crippen LogP contribution in [0.5, 0.6) is 0 Å². The van der Waals surface area contributed by atoms with Crippen molar-refractivity contribution in [1.29, 1.82) is 0 Å². The Labute approximate surface area is 148 Å². The van der Waals surface area contributed by atoms with E-state index in [9.17, 15) is 0 Å². The van der Waals surface area contributed by atoms with Crippen LogP contribution in [0, 0.1) is 0 Å². The number of nitrogens with zero attached hydrogens (tertiary/aromatic N) is 3. The van der Waals surface area contributed by atoms with Crippen molar-refractivity contribution in [2.24, 2.45) is 10.7 Å². The zero-order chi connectivity index (χ0) is 14.4. The lowest BCUT2D eigenvalue weighted by Gasteiger charge is -2.16. The molecule has 3 N–H and O–H groups in total. The minimum absolute atomic E-state index is 0. The topological polar surface area (TPSA) is 66.5 Å². The van der Waals surface area contributed by atoms with Gasteiger partial charge in [0.25, 0.3) is 0 Å². The maximum absolute atomic E-state index is 5.97. The molecule has 1 aliphatic rings. The maximum atomic E-state index is 5.97. The molecule has 0 unspecified atom stereocenters. The van der Waals surface area contributed by atoms with Crippen molar-refractivity contribution in [2.45, 2.75) is 51.1 Å². The molecule has 120 valence electrons. The van der Waals surface area contributed by atoms with Crippen LogP contribution in [-0.4, -0.2) is 31.1 Å². The van der Waals surface area contributed by atoms with Gasteiger partial charge in [-0.25, -0.2) is 9.98 Å². The Bertz CT molecular complexity index is 438. The molecule has 0 aliphatic heterocycles. The van der Waals surface area contributed by atoms with Gasteiger partial charge in [-0.05, 0) is 12.8 Å². The predicted octanol–water partition coefficient (Wildman–Crippen LogP) is 2.95. The van der Waals surface area contributed by atoms with Crippen molar-refractivity contribution in [2.75, 3.05) is 19.0 Å². The first kappa shape index (κ1) is 18.5. The van der Waals surface area contributed by atoms with Gasteiger partial charge in [-0.1, -0.05) is 25.7 Å². The van der Waals surface area contributed by atoms with Crippen LogP contribution < -0.4 is 16.0 Å². The third-order valence-electron chi connectivity index (χ3n) is 3.54. The molecule has 0 saturated heterocycles. The second kappa shape index (κ2) is 9.45. The fraction of sp³-hybridized carbons (Fsp3) is 0.714. The Hall–Kier alpha value is -0.570. The molecule has 2 rings (SSSR count). The molecule has 0 radical (unpaired) electrons. The predicted molar refractivity (Wildman–Crippen MR) is 102 cm³/mol. The van der Waals surface area contributed by atoms with Crippen molar-refractivity contribution in [1.82, 2.24) is 10.3 Å². The zero-order valence-corrected chi connectivity index (χ0v) is 16.0. The van der Waals surface area contributed by atoms with Crippen molar-refractivity contribution in [3.8, 4) is 0 Å². The number of guanidine groups is 1. The summed E-state index contributed by atoms with van der Waals surface area (Å²) < 4.78 is 0. The molecule has 0 aromatic carbocycles. The number of nitrogens with two attached hydrogens (primary N) is 1. The Morgan fingerprint density at radius 1 is 1.38 bits per heavy atom. The molecule has 1 aliphatic carbocycles. The molecule has 1 saturated carbocycles. The van der Waals surface area contributed by atoms with Crippen molar-refractivity contribution in [3.63, 3.8) is 0 Å². The second-order valence-electron chi connectivity index (χ2n) is 5.55. The lowest BCUT2D eigenvalue weighted by molar-refractivity contribution is 0.530. The first-order valence-electron chi connectivity index (χ1n) is 7.33. The van der Waals surface area contributed by atoms with E-state index in [1.165, 1.54) is 38.5 Å². The van der Waals surface area contributed by atoms with E-state index in [-0.39, 0.29) is 24.0 Å². The van der Waals surface area contributed by atoms with Gasteiger partial charge < -0.3 is 16.0 Å². The smallest absolute Gasteiger partial charge is 0.189 e. The highest BCUT2D eigenvalue weighted by Crippen LogP contribution is 2.19. The third kappa shape index (κ3) is 6.37. The van der Waals surface area contributed by atoms with Gasteiger partial charge in [-0.3, -0.25) is 0 Å². The van der Waals surface area contributed by atoms with E-state index >= 15 is 0 Å². The van der Waals surface area contributed by atoms with Crippen LogP contribution in [-0.2, 0) is 6.54 Å². The number of rotatable bonds is 4. The van der Waals surface area contributed by atoms with E-state index in [0.717, 1.165) is 10.8 Å². The summed E-state index contributed by atoms with van der Waals surface area (Å²) >= 11 is 1.63. The standard InChI is InChI=1S/C14H25N5S.HI/c1-19(2)14-18-12(10-20-14)9-16-13(15)17-11-7-5-3-4-6-8-11;/h10-11H,3-9H2,1-2H3,(H3,15,16,17);1H. The molecule has 1 heterocycles. The van der Waals surface area contributed by atoms with Crippen molar-refractivity contribution in [3.05, 3.63) is 11.1 Å². The molecule has 0 amide bonds. The van der Waals surface area contributed by atoms with Crippen molar-refractivity contribution < 1.29 is 0 Å². The van der Waals surface area contributed by atoms with Gasteiger partial charge in [0.1, 0.15) is 0 Å². The average Bonchev–Trinajstić information content (AvgIpc) is 2.75. The number of hydrogen-bond donors (Lipinski definition) is 2. The Morgan fingerprint density at radius 3 is 2.62 bits per heavy atom. The number of halogens is 1. The minimum atomic E-state index is 0.